The van der Waals surface area contributed by atoms with Crippen molar-refractivity contribution in [2.75, 3.05) is 0 Å². The number of benzene rings is 1. The molecule has 0 spiro atoms. The summed E-state index contributed by atoms with van der Waals surface area (Å²) in [6.45, 7) is 3.94. The van der Waals surface area contributed by atoms with Crippen molar-refractivity contribution in [1.82, 2.24) is 25.1 Å². The zero-order valence-corrected chi connectivity index (χ0v) is 15.3. The zero-order valence-electron chi connectivity index (χ0n) is 15.3. The van der Waals surface area contributed by atoms with Crippen LogP contribution in [0.4, 0.5) is 5.69 Å². The second-order valence-corrected chi connectivity index (χ2v) is 6.12. The highest BCUT2D eigenvalue weighted by Crippen LogP contribution is 2.23. The van der Waals surface area contributed by atoms with Crippen LogP contribution >= 0.6 is 0 Å². The van der Waals surface area contributed by atoms with Crippen molar-refractivity contribution in [3.8, 4) is 11.6 Å². The molecule has 1 aromatic carbocycles. The number of nitro groups is 1. The van der Waals surface area contributed by atoms with Crippen molar-refractivity contribution >= 4 is 11.6 Å². The molecule has 0 radical (unpaired) electrons. The number of pyridine rings is 1. The molecule has 0 atom stereocenters. The number of hydrogen-bond acceptors (Lipinski definition) is 7. The lowest BCUT2D eigenvalue weighted by atomic mass is 10.1. The molecule has 144 valence electrons. The molecule has 1 N–H and O–H groups in total. The number of nitrogens with one attached hydrogen (secondary N) is 1. The van der Waals surface area contributed by atoms with Gasteiger partial charge in [0.05, 0.1) is 11.0 Å². The zero-order chi connectivity index (χ0) is 20.1. The normalized spacial score (nSPS) is 10.7. The fourth-order valence-electron chi connectivity index (χ4n) is 2.50. The van der Waals surface area contributed by atoms with E-state index in [2.05, 4.69) is 20.4 Å². The lowest BCUT2D eigenvalue weighted by Gasteiger charge is -2.13. The number of carbonyl (C=O) groups is 1. The summed E-state index contributed by atoms with van der Waals surface area (Å²) in [4.78, 5) is 31.3. The van der Waals surface area contributed by atoms with E-state index >= 15 is 0 Å². The van der Waals surface area contributed by atoms with E-state index in [0.717, 1.165) is 0 Å². The molecule has 3 rings (SSSR count). The molecule has 3 aromatic rings. The van der Waals surface area contributed by atoms with E-state index in [9.17, 15) is 14.9 Å². The van der Waals surface area contributed by atoms with Crippen molar-refractivity contribution in [3.05, 3.63) is 70.4 Å². The lowest BCUT2D eigenvalue weighted by Crippen LogP contribution is -2.24. The predicted molar refractivity (Wildman–Crippen MR) is 99.2 cm³/mol. The number of aromatic nitrogens is 4. The molecule has 0 fully saturated rings. The van der Waals surface area contributed by atoms with E-state index in [1.165, 1.54) is 35.5 Å². The minimum atomic E-state index is -0.566. The van der Waals surface area contributed by atoms with E-state index in [-0.39, 0.29) is 29.6 Å². The smallest absolute Gasteiger partial charge is 0.295 e. The topological polar surface area (TPSA) is 125 Å². The summed E-state index contributed by atoms with van der Waals surface area (Å²) in [6, 6.07) is 7.70. The third-order valence-corrected chi connectivity index (χ3v) is 3.74. The molecular formula is C18H18N6O4. The third kappa shape index (κ3) is 4.29. The Balaban J connectivity index is 1.79. The largest absolute Gasteiger partial charge is 0.475 e. The Hall–Kier alpha value is -3.82. The first kappa shape index (κ1) is 19.0. The van der Waals surface area contributed by atoms with Crippen molar-refractivity contribution < 1.29 is 14.5 Å². The van der Waals surface area contributed by atoms with Crippen LogP contribution in [0.15, 0.2) is 49.2 Å². The van der Waals surface area contributed by atoms with Gasteiger partial charge >= 0.3 is 0 Å². The van der Waals surface area contributed by atoms with Gasteiger partial charge < -0.3 is 10.1 Å². The molecule has 0 aliphatic heterocycles. The van der Waals surface area contributed by atoms with Gasteiger partial charge in [-0.05, 0) is 32.0 Å². The van der Waals surface area contributed by atoms with Crippen molar-refractivity contribution in [3.63, 3.8) is 0 Å². The molecule has 2 aromatic heterocycles. The van der Waals surface area contributed by atoms with Gasteiger partial charge in [-0.2, -0.15) is 5.10 Å². The first-order valence-corrected chi connectivity index (χ1v) is 8.48. The average molecular weight is 382 g/mol. The molecule has 28 heavy (non-hydrogen) atoms. The van der Waals surface area contributed by atoms with Gasteiger partial charge in [-0.25, -0.2) is 14.6 Å². The highest BCUT2D eigenvalue weighted by Gasteiger charge is 2.19. The van der Waals surface area contributed by atoms with Crippen LogP contribution in [0.1, 0.15) is 29.8 Å². The molecule has 0 aliphatic rings. The number of nitro benzene ring substituents is 1. The van der Waals surface area contributed by atoms with Gasteiger partial charge in [0.2, 0.25) is 5.88 Å². The summed E-state index contributed by atoms with van der Waals surface area (Å²) in [7, 11) is 0. The third-order valence-electron chi connectivity index (χ3n) is 3.74. The first-order valence-electron chi connectivity index (χ1n) is 8.48. The van der Waals surface area contributed by atoms with Crippen molar-refractivity contribution in [2.45, 2.75) is 26.5 Å². The van der Waals surface area contributed by atoms with E-state index in [0.29, 0.717) is 11.4 Å². The summed E-state index contributed by atoms with van der Waals surface area (Å²) < 4.78 is 6.89. The first-order chi connectivity index (χ1) is 13.5. The summed E-state index contributed by atoms with van der Waals surface area (Å²) in [6.07, 6.45) is 4.17. The number of hydrogen-bond donors (Lipinski definition) is 1. The second-order valence-electron chi connectivity index (χ2n) is 6.12. The van der Waals surface area contributed by atoms with Crippen LogP contribution in [-0.4, -0.2) is 36.7 Å². The molecule has 0 aliphatic carbocycles. The summed E-state index contributed by atoms with van der Waals surface area (Å²) in [5.41, 5.74) is 0.839. The van der Waals surface area contributed by atoms with Crippen LogP contribution < -0.4 is 10.1 Å². The quantitative estimate of drug-likeness (QED) is 0.491. The van der Waals surface area contributed by atoms with Crippen molar-refractivity contribution in [2.24, 2.45) is 0 Å². The number of carbonyl (C=O) groups excluding carboxylic acids is 1. The Kier molecular flexibility index (Phi) is 5.58. The van der Waals surface area contributed by atoms with E-state index in [4.69, 9.17) is 4.74 Å². The minimum Gasteiger partial charge on any atom is -0.475 e. The fraction of sp³-hybridized carbons (Fsp3) is 0.222. The summed E-state index contributed by atoms with van der Waals surface area (Å²) in [5, 5.41) is 18.0. The van der Waals surface area contributed by atoms with E-state index < -0.39 is 10.8 Å². The van der Waals surface area contributed by atoms with Gasteiger partial charge in [0.1, 0.15) is 18.3 Å². The van der Waals surface area contributed by atoms with Gasteiger partial charge in [0.25, 0.3) is 11.6 Å². The molecule has 1 amide bonds. The van der Waals surface area contributed by atoms with E-state index in [1.807, 2.05) is 13.8 Å². The lowest BCUT2D eigenvalue weighted by molar-refractivity contribution is -0.384. The highest BCUT2D eigenvalue weighted by molar-refractivity contribution is 5.95. The van der Waals surface area contributed by atoms with Crippen LogP contribution in [0.3, 0.4) is 0 Å². The Morgan fingerprint density at radius 1 is 1.36 bits per heavy atom. The number of ether oxygens (including phenoxy) is 1. The molecule has 0 saturated heterocycles. The monoisotopic (exact) mass is 382 g/mol. The predicted octanol–water partition coefficient (Wildman–Crippen LogP) is 2.29. The summed E-state index contributed by atoms with van der Waals surface area (Å²) in [5.74, 6) is -0.0158. The maximum atomic E-state index is 12.5. The number of rotatable bonds is 7. The molecule has 0 unspecified atom stereocenters. The molecule has 10 heteroatoms. The van der Waals surface area contributed by atoms with Gasteiger partial charge in [-0.1, -0.05) is 6.07 Å². The van der Waals surface area contributed by atoms with Crippen LogP contribution in [0.25, 0.3) is 5.69 Å². The SMILES string of the molecule is CC(C)Oc1ncccc1CNC(=O)c1ccc(-n2cncn2)c([N+](=O)[O-])c1. The standard InChI is InChI=1S/C18H18N6O4/c1-12(2)28-18-14(4-3-7-20-18)9-21-17(25)13-5-6-15(16(8-13)24(26)27)23-11-19-10-22-23/h3-8,10-12H,9H2,1-2H3,(H,21,25). The average Bonchev–Trinajstić information content (AvgIpc) is 3.20. The molecule has 0 saturated carbocycles. The van der Waals surface area contributed by atoms with Gasteiger partial charge in [-0.3, -0.25) is 14.9 Å². The Labute approximate surface area is 160 Å². The second kappa shape index (κ2) is 8.25. The number of nitrogens with zero attached hydrogens (tertiary/aromatic N) is 5. The minimum absolute atomic E-state index is 0.0590. The van der Waals surface area contributed by atoms with Crippen molar-refractivity contribution in [1.29, 1.82) is 0 Å². The van der Waals surface area contributed by atoms with Crippen LogP contribution in [0, 0.1) is 10.1 Å². The van der Waals surface area contributed by atoms with Crippen LogP contribution in [0.2, 0.25) is 0 Å². The Morgan fingerprint density at radius 2 is 2.18 bits per heavy atom. The number of amides is 1. The molecule has 0 bridgehead atoms. The summed E-state index contributed by atoms with van der Waals surface area (Å²) >= 11 is 0. The van der Waals surface area contributed by atoms with Gasteiger partial charge in [0, 0.05) is 29.9 Å². The van der Waals surface area contributed by atoms with Crippen LogP contribution in [-0.2, 0) is 6.54 Å². The van der Waals surface area contributed by atoms with Gasteiger partial charge in [0.15, 0.2) is 0 Å². The van der Waals surface area contributed by atoms with E-state index in [1.54, 1.807) is 18.3 Å². The fourth-order valence-corrected chi connectivity index (χ4v) is 2.50. The van der Waals surface area contributed by atoms with Gasteiger partial charge in [-0.15, -0.1) is 0 Å². The molecular weight excluding hydrogens is 364 g/mol. The Morgan fingerprint density at radius 3 is 2.86 bits per heavy atom. The molecule has 2 heterocycles. The highest BCUT2D eigenvalue weighted by atomic mass is 16.6. The molecule has 10 nitrogen and oxygen atoms in total. The van der Waals surface area contributed by atoms with Crippen LogP contribution in [0.5, 0.6) is 5.88 Å². The maximum absolute atomic E-state index is 12.5. The Bertz CT molecular complexity index is 988. The maximum Gasteiger partial charge on any atom is 0.295 e.